The van der Waals surface area contributed by atoms with E-state index in [1.807, 2.05) is 0 Å². The first-order valence-electron chi connectivity index (χ1n) is 9.83. The number of aliphatic imine (C=N–C) groups is 1. The third-order valence-electron chi connectivity index (χ3n) is 4.16. The van der Waals surface area contributed by atoms with Crippen molar-refractivity contribution in [1.82, 2.24) is 10.2 Å². The van der Waals surface area contributed by atoms with Gasteiger partial charge in [-0.3, -0.25) is 15.2 Å². The zero-order valence-electron chi connectivity index (χ0n) is 18.8. The Morgan fingerprint density at radius 3 is 2.28 bits per heavy atom. The standard InChI is InChI=1S/C21H27BrF3N3O4/c1-19(2,3)31-17(29)26-15-10-28(18(30)32-20(4,5)6)11-21(27-15,16(24)25)13-9-12(22)7-8-14(13)23/h7-9,16H,10-11H2,1-6H3,(H,26,27,29). The molecule has 0 radical (unpaired) electrons. The van der Waals surface area contributed by atoms with E-state index < -0.39 is 53.3 Å². The monoisotopic (exact) mass is 521 g/mol. The highest BCUT2D eigenvalue weighted by molar-refractivity contribution is 9.10. The van der Waals surface area contributed by atoms with Crippen LogP contribution in [-0.2, 0) is 15.0 Å². The third kappa shape index (κ3) is 6.60. The van der Waals surface area contributed by atoms with Crippen LogP contribution in [0.5, 0.6) is 0 Å². The molecule has 1 aromatic carbocycles. The van der Waals surface area contributed by atoms with Crippen LogP contribution in [0.25, 0.3) is 0 Å². The van der Waals surface area contributed by atoms with Crippen molar-refractivity contribution < 1.29 is 32.2 Å². The van der Waals surface area contributed by atoms with Crippen molar-refractivity contribution in [3.05, 3.63) is 34.1 Å². The molecule has 1 heterocycles. The lowest BCUT2D eigenvalue weighted by molar-refractivity contribution is -0.00256. The van der Waals surface area contributed by atoms with Gasteiger partial charge in [0.25, 0.3) is 6.43 Å². The first-order chi connectivity index (χ1) is 14.5. The van der Waals surface area contributed by atoms with E-state index in [9.17, 15) is 22.8 Å². The van der Waals surface area contributed by atoms with Crippen molar-refractivity contribution in [2.24, 2.45) is 4.99 Å². The van der Waals surface area contributed by atoms with Crippen LogP contribution in [0.4, 0.5) is 22.8 Å². The maximum Gasteiger partial charge on any atom is 0.413 e. The molecule has 11 heteroatoms. The second kappa shape index (κ2) is 9.29. The molecule has 1 aliphatic heterocycles. The van der Waals surface area contributed by atoms with E-state index in [-0.39, 0.29) is 12.4 Å². The van der Waals surface area contributed by atoms with Crippen LogP contribution >= 0.6 is 15.9 Å². The SMILES string of the molecule is CC(C)(C)OC(=O)NC1=NC(c2cc(Br)ccc2F)(C(F)F)CN(C(=O)OC(C)(C)C)C1. The Bertz CT molecular complexity index is 913. The number of benzene rings is 1. The number of carbonyl (C=O) groups excluding carboxylic acids is 2. The van der Waals surface area contributed by atoms with Crippen molar-refractivity contribution in [3.8, 4) is 0 Å². The van der Waals surface area contributed by atoms with Crippen molar-refractivity contribution >= 4 is 34.0 Å². The molecule has 0 aliphatic carbocycles. The minimum absolute atomic E-state index is 0.281. The summed E-state index contributed by atoms with van der Waals surface area (Å²) in [4.78, 5) is 30.0. The molecular formula is C21H27BrF3N3O4. The second-order valence-corrected chi connectivity index (χ2v) is 10.3. The highest BCUT2D eigenvalue weighted by atomic mass is 79.9. The van der Waals surface area contributed by atoms with Crippen LogP contribution in [0.1, 0.15) is 47.1 Å². The first-order valence-corrected chi connectivity index (χ1v) is 10.6. The molecule has 2 rings (SSSR count). The van der Waals surface area contributed by atoms with Gasteiger partial charge in [0.2, 0.25) is 0 Å². The lowest BCUT2D eigenvalue weighted by Crippen LogP contribution is -2.57. The smallest absolute Gasteiger partial charge is 0.413 e. The van der Waals surface area contributed by atoms with E-state index in [1.54, 1.807) is 41.5 Å². The molecule has 7 nitrogen and oxygen atoms in total. The summed E-state index contributed by atoms with van der Waals surface area (Å²) in [5.74, 6) is -1.21. The number of nitrogens with one attached hydrogen (secondary N) is 1. The van der Waals surface area contributed by atoms with Crippen LogP contribution in [0, 0.1) is 5.82 Å². The van der Waals surface area contributed by atoms with Gasteiger partial charge in [-0.1, -0.05) is 15.9 Å². The Labute approximate surface area is 193 Å². The largest absolute Gasteiger partial charge is 0.444 e. The Hall–Kier alpha value is -2.30. The average Bonchev–Trinajstić information content (AvgIpc) is 2.60. The van der Waals surface area contributed by atoms with Crippen LogP contribution in [0.2, 0.25) is 0 Å². The number of ether oxygens (including phenoxy) is 2. The lowest BCUT2D eigenvalue weighted by Gasteiger charge is -2.40. The molecule has 0 saturated carbocycles. The fourth-order valence-electron chi connectivity index (χ4n) is 2.99. The number of amides is 2. The van der Waals surface area contributed by atoms with E-state index in [0.717, 1.165) is 11.0 Å². The Balaban J connectivity index is 2.56. The molecule has 32 heavy (non-hydrogen) atoms. The maximum absolute atomic E-state index is 14.7. The summed E-state index contributed by atoms with van der Waals surface area (Å²) in [7, 11) is 0. The van der Waals surface area contributed by atoms with Gasteiger partial charge >= 0.3 is 12.2 Å². The molecule has 0 bridgehead atoms. The van der Waals surface area contributed by atoms with Gasteiger partial charge in [0.1, 0.15) is 22.9 Å². The molecule has 1 N–H and O–H groups in total. The van der Waals surface area contributed by atoms with E-state index in [4.69, 9.17) is 9.47 Å². The summed E-state index contributed by atoms with van der Waals surface area (Å²) in [5.41, 5.74) is -4.68. The summed E-state index contributed by atoms with van der Waals surface area (Å²) < 4.78 is 54.6. The van der Waals surface area contributed by atoms with Gasteiger partial charge in [-0.25, -0.2) is 22.8 Å². The fraction of sp³-hybridized carbons (Fsp3) is 0.571. The number of carbonyl (C=O) groups is 2. The van der Waals surface area contributed by atoms with Gasteiger partial charge in [-0.15, -0.1) is 0 Å². The number of halogens is 4. The second-order valence-electron chi connectivity index (χ2n) is 9.37. The molecule has 1 aliphatic rings. The van der Waals surface area contributed by atoms with E-state index in [1.165, 1.54) is 12.1 Å². The molecule has 1 aromatic rings. The van der Waals surface area contributed by atoms with Crippen LogP contribution in [-0.4, -0.2) is 53.6 Å². The molecule has 0 spiro atoms. The average molecular weight is 522 g/mol. The lowest BCUT2D eigenvalue weighted by atomic mass is 9.88. The Kier molecular flexibility index (Phi) is 7.53. The molecule has 1 unspecified atom stereocenters. The number of hydrogen-bond acceptors (Lipinski definition) is 5. The number of amidine groups is 1. The fourth-order valence-corrected chi connectivity index (χ4v) is 3.35. The van der Waals surface area contributed by atoms with Gasteiger partial charge in [-0.2, -0.15) is 0 Å². The third-order valence-corrected chi connectivity index (χ3v) is 4.65. The summed E-state index contributed by atoms with van der Waals surface area (Å²) >= 11 is 3.15. The molecule has 178 valence electrons. The number of alkyl halides is 2. The predicted molar refractivity (Wildman–Crippen MR) is 116 cm³/mol. The quantitative estimate of drug-likeness (QED) is 0.578. The highest BCUT2D eigenvalue weighted by Crippen LogP contribution is 2.39. The van der Waals surface area contributed by atoms with Gasteiger partial charge in [0.15, 0.2) is 5.54 Å². The van der Waals surface area contributed by atoms with Crippen molar-refractivity contribution in [2.45, 2.75) is 64.7 Å². The molecule has 0 saturated heterocycles. The normalized spacial score (nSPS) is 19.5. The number of nitrogens with zero attached hydrogens (tertiary/aromatic N) is 2. The van der Waals surface area contributed by atoms with Gasteiger partial charge < -0.3 is 9.47 Å². The van der Waals surface area contributed by atoms with Gasteiger partial charge in [0.05, 0.1) is 13.1 Å². The summed E-state index contributed by atoms with van der Waals surface area (Å²) in [6, 6.07) is 3.55. The number of alkyl carbamates (subject to hydrolysis) is 1. The van der Waals surface area contributed by atoms with Crippen molar-refractivity contribution in [2.75, 3.05) is 13.1 Å². The van der Waals surface area contributed by atoms with Crippen LogP contribution < -0.4 is 5.32 Å². The molecule has 0 fully saturated rings. The van der Waals surface area contributed by atoms with Crippen molar-refractivity contribution in [1.29, 1.82) is 0 Å². The summed E-state index contributed by atoms with van der Waals surface area (Å²) in [5, 5.41) is 2.31. The zero-order valence-corrected chi connectivity index (χ0v) is 20.3. The van der Waals surface area contributed by atoms with Crippen molar-refractivity contribution in [3.63, 3.8) is 0 Å². The minimum Gasteiger partial charge on any atom is -0.444 e. The molecular weight excluding hydrogens is 495 g/mol. The molecule has 1 atom stereocenters. The maximum atomic E-state index is 14.7. The number of rotatable bonds is 2. The first kappa shape index (κ1) is 26.0. The molecule has 2 amide bonds. The summed E-state index contributed by atoms with van der Waals surface area (Å²) in [6.07, 6.45) is -5.07. The number of hydrogen-bond donors (Lipinski definition) is 1. The zero-order chi connectivity index (χ0) is 24.5. The highest BCUT2D eigenvalue weighted by Gasteiger charge is 2.50. The Morgan fingerprint density at radius 1 is 1.16 bits per heavy atom. The minimum atomic E-state index is -3.22. The van der Waals surface area contributed by atoms with E-state index in [0.29, 0.717) is 4.47 Å². The predicted octanol–water partition coefficient (Wildman–Crippen LogP) is 5.22. The van der Waals surface area contributed by atoms with Crippen LogP contribution in [0.3, 0.4) is 0 Å². The van der Waals surface area contributed by atoms with E-state index in [2.05, 4.69) is 26.2 Å². The Morgan fingerprint density at radius 2 is 1.75 bits per heavy atom. The molecule has 0 aromatic heterocycles. The van der Waals surface area contributed by atoms with Crippen LogP contribution in [0.15, 0.2) is 27.7 Å². The topological polar surface area (TPSA) is 80.2 Å². The summed E-state index contributed by atoms with van der Waals surface area (Å²) in [6.45, 7) is 8.75. The van der Waals surface area contributed by atoms with Gasteiger partial charge in [-0.05, 0) is 59.7 Å². The van der Waals surface area contributed by atoms with Gasteiger partial charge in [0, 0.05) is 10.0 Å². The van der Waals surface area contributed by atoms with E-state index >= 15 is 0 Å².